The van der Waals surface area contributed by atoms with E-state index in [2.05, 4.69) is 5.32 Å². The number of anilines is 1. The van der Waals surface area contributed by atoms with Crippen molar-refractivity contribution in [3.05, 3.63) is 111 Å². The van der Waals surface area contributed by atoms with Crippen molar-refractivity contribution in [1.29, 1.82) is 0 Å². The third-order valence-corrected chi connectivity index (χ3v) is 6.09. The fourth-order valence-electron chi connectivity index (χ4n) is 4.29. The van der Waals surface area contributed by atoms with Gasteiger partial charge in [0, 0.05) is 40.8 Å². The van der Waals surface area contributed by atoms with E-state index in [-0.39, 0.29) is 23.5 Å². The number of aromatic nitrogens is 1. The number of carbonyl (C=O) groups is 1. The highest BCUT2D eigenvalue weighted by Crippen LogP contribution is 2.35. The summed E-state index contributed by atoms with van der Waals surface area (Å²) in [4.78, 5) is 23.7. The number of methoxy groups -OCH3 is 1. The first kappa shape index (κ1) is 27.2. The Balaban J connectivity index is 1.54. The topological polar surface area (TPSA) is 95.6 Å². The number of ether oxygens (including phenoxy) is 2. The van der Waals surface area contributed by atoms with Gasteiger partial charge in [0.15, 0.2) is 0 Å². The summed E-state index contributed by atoms with van der Waals surface area (Å²) in [5.41, 5.74) is 0.930. The first-order valence-corrected chi connectivity index (χ1v) is 11.7. The van der Waals surface area contributed by atoms with Crippen LogP contribution in [-0.2, 0) is 12.8 Å². The number of nitro groups is 1. The molecule has 0 radical (unpaired) electrons. The monoisotopic (exact) mass is 539 g/mol. The van der Waals surface area contributed by atoms with Gasteiger partial charge in [0.05, 0.1) is 28.8 Å². The van der Waals surface area contributed by atoms with Gasteiger partial charge in [-0.25, -0.2) is 0 Å². The summed E-state index contributed by atoms with van der Waals surface area (Å²) in [5, 5.41) is 13.9. The standard InChI is InChI=1S/C28H24F3N3O5/c1-17-13-23(18(2)33(17)25-10-5-4-9-24(25)28(29,30)31)27(35)32-20-7-6-8-22(15-20)39-16-19-14-21(34(36)37)11-12-26(19)38-3/h4-15H,16H2,1-3H3,(H,32,35). The molecule has 4 aromatic rings. The van der Waals surface area contributed by atoms with E-state index >= 15 is 0 Å². The van der Waals surface area contributed by atoms with E-state index in [0.29, 0.717) is 34.1 Å². The fraction of sp³-hybridized carbons (Fsp3) is 0.179. The van der Waals surface area contributed by atoms with Gasteiger partial charge in [0.2, 0.25) is 0 Å². The zero-order valence-corrected chi connectivity index (χ0v) is 21.2. The van der Waals surface area contributed by atoms with Crippen molar-refractivity contribution in [3.63, 3.8) is 0 Å². The molecular formula is C28H24F3N3O5. The molecule has 0 saturated carbocycles. The van der Waals surface area contributed by atoms with Crippen LogP contribution in [0.15, 0.2) is 72.8 Å². The Morgan fingerprint density at radius 3 is 2.46 bits per heavy atom. The normalized spacial score (nSPS) is 11.2. The molecule has 1 aromatic heterocycles. The van der Waals surface area contributed by atoms with Gasteiger partial charge in [-0.2, -0.15) is 13.2 Å². The Morgan fingerprint density at radius 1 is 1.03 bits per heavy atom. The summed E-state index contributed by atoms with van der Waals surface area (Å²) in [6, 6.07) is 17.4. The highest BCUT2D eigenvalue weighted by molar-refractivity contribution is 6.05. The van der Waals surface area contributed by atoms with E-state index in [1.807, 2.05) is 0 Å². The van der Waals surface area contributed by atoms with Crippen LogP contribution in [0.4, 0.5) is 24.5 Å². The Kier molecular flexibility index (Phi) is 7.61. The maximum atomic E-state index is 13.6. The van der Waals surface area contributed by atoms with Crippen molar-refractivity contribution >= 4 is 17.3 Å². The first-order valence-electron chi connectivity index (χ1n) is 11.7. The molecule has 4 rings (SSSR count). The maximum Gasteiger partial charge on any atom is 0.418 e. The molecule has 11 heteroatoms. The van der Waals surface area contributed by atoms with Gasteiger partial charge in [-0.15, -0.1) is 0 Å². The van der Waals surface area contributed by atoms with Gasteiger partial charge < -0.3 is 19.4 Å². The summed E-state index contributed by atoms with van der Waals surface area (Å²) >= 11 is 0. The second-order valence-electron chi connectivity index (χ2n) is 8.66. The number of para-hydroxylation sites is 1. The molecule has 8 nitrogen and oxygen atoms in total. The van der Waals surface area contributed by atoms with Crippen molar-refractivity contribution in [2.45, 2.75) is 26.6 Å². The molecule has 0 aliphatic rings. The van der Waals surface area contributed by atoms with Crippen molar-refractivity contribution in [2.24, 2.45) is 0 Å². The quantitative estimate of drug-likeness (QED) is 0.195. The molecule has 1 N–H and O–H groups in total. The molecular weight excluding hydrogens is 515 g/mol. The second kappa shape index (κ2) is 10.9. The molecule has 3 aromatic carbocycles. The Hall–Kier alpha value is -4.80. The second-order valence-corrected chi connectivity index (χ2v) is 8.66. The fourth-order valence-corrected chi connectivity index (χ4v) is 4.29. The number of nitro benzene ring substituents is 1. The molecule has 0 unspecified atom stereocenters. The zero-order valence-electron chi connectivity index (χ0n) is 21.2. The Bertz CT molecular complexity index is 1550. The minimum atomic E-state index is -4.56. The summed E-state index contributed by atoms with van der Waals surface area (Å²) in [7, 11) is 1.44. The van der Waals surface area contributed by atoms with E-state index in [0.717, 1.165) is 6.07 Å². The van der Waals surface area contributed by atoms with Gasteiger partial charge in [-0.05, 0) is 50.2 Å². The lowest BCUT2D eigenvalue weighted by molar-refractivity contribution is -0.385. The molecule has 0 bridgehead atoms. The van der Waals surface area contributed by atoms with E-state index in [4.69, 9.17) is 9.47 Å². The Labute approximate surface area is 221 Å². The maximum absolute atomic E-state index is 13.6. The molecule has 202 valence electrons. The van der Waals surface area contributed by atoms with Gasteiger partial charge in [0.1, 0.15) is 18.1 Å². The minimum absolute atomic E-state index is 0.0258. The van der Waals surface area contributed by atoms with Crippen molar-refractivity contribution < 1.29 is 32.4 Å². The molecule has 1 amide bonds. The number of amides is 1. The first-order chi connectivity index (χ1) is 18.5. The summed E-state index contributed by atoms with van der Waals surface area (Å²) < 4.78 is 53.3. The van der Waals surface area contributed by atoms with Gasteiger partial charge in [-0.1, -0.05) is 18.2 Å². The lowest BCUT2D eigenvalue weighted by Gasteiger charge is -2.17. The molecule has 0 aliphatic carbocycles. The van der Waals surface area contributed by atoms with Crippen molar-refractivity contribution in [1.82, 2.24) is 4.57 Å². The van der Waals surface area contributed by atoms with Gasteiger partial charge >= 0.3 is 6.18 Å². The number of alkyl halides is 3. The van der Waals surface area contributed by atoms with E-state index in [1.165, 1.54) is 54.1 Å². The number of nitrogens with zero attached hydrogens (tertiary/aromatic N) is 2. The molecule has 0 atom stereocenters. The van der Waals surface area contributed by atoms with E-state index < -0.39 is 22.6 Å². The molecule has 0 spiro atoms. The van der Waals surface area contributed by atoms with Crippen LogP contribution in [0.1, 0.15) is 32.9 Å². The average Bonchev–Trinajstić information content (AvgIpc) is 3.20. The van der Waals surface area contributed by atoms with Crippen LogP contribution < -0.4 is 14.8 Å². The summed E-state index contributed by atoms with van der Waals surface area (Å²) in [5.74, 6) is 0.301. The number of halogens is 3. The smallest absolute Gasteiger partial charge is 0.418 e. The average molecular weight is 540 g/mol. The third kappa shape index (κ3) is 5.87. The third-order valence-electron chi connectivity index (χ3n) is 6.09. The summed E-state index contributed by atoms with van der Waals surface area (Å²) in [6.45, 7) is 3.19. The largest absolute Gasteiger partial charge is 0.496 e. The number of nitrogens with one attached hydrogen (secondary N) is 1. The van der Waals surface area contributed by atoms with Crippen LogP contribution in [0.2, 0.25) is 0 Å². The number of carbonyl (C=O) groups excluding carboxylic acids is 1. The Morgan fingerprint density at radius 2 is 1.77 bits per heavy atom. The lowest BCUT2D eigenvalue weighted by atomic mass is 10.1. The number of non-ortho nitro benzene ring substituents is 1. The van der Waals surface area contributed by atoms with Crippen LogP contribution in [0.3, 0.4) is 0 Å². The van der Waals surface area contributed by atoms with Gasteiger partial charge in [-0.3, -0.25) is 14.9 Å². The van der Waals surface area contributed by atoms with E-state index in [9.17, 15) is 28.1 Å². The lowest BCUT2D eigenvalue weighted by Crippen LogP contribution is -2.15. The highest BCUT2D eigenvalue weighted by Gasteiger charge is 2.34. The number of hydrogen-bond acceptors (Lipinski definition) is 5. The van der Waals surface area contributed by atoms with Crippen molar-refractivity contribution in [2.75, 3.05) is 12.4 Å². The predicted octanol–water partition coefficient (Wildman–Crippen LogP) is 6.86. The molecule has 0 fully saturated rings. The minimum Gasteiger partial charge on any atom is -0.496 e. The van der Waals surface area contributed by atoms with Crippen LogP contribution in [0.25, 0.3) is 5.69 Å². The van der Waals surface area contributed by atoms with Crippen LogP contribution >= 0.6 is 0 Å². The van der Waals surface area contributed by atoms with Crippen LogP contribution in [0.5, 0.6) is 11.5 Å². The molecule has 39 heavy (non-hydrogen) atoms. The van der Waals surface area contributed by atoms with Crippen LogP contribution in [-0.4, -0.2) is 22.5 Å². The number of hydrogen-bond donors (Lipinski definition) is 1. The van der Waals surface area contributed by atoms with Crippen molar-refractivity contribution in [3.8, 4) is 17.2 Å². The summed E-state index contributed by atoms with van der Waals surface area (Å²) in [6.07, 6.45) is -4.56. The van der Waals surface area contributed by atoms with Crippen LogP contribution in [0, 0.1) is 24.0 Å². The van der Waals surface area contributed by atoms with Gasteiger partial charge in [0.25, 0.3) is 11.6 Å². The SMILES string of the molecule is COc1ccc([N+](=O)[O-])cc1COc1cccc(NC(=O)c2cc(C)n(-c3ccccc3C(F)(F)F)c2C)c1. The molecule has 0 saturated heterocycles. The number of aryl methyl sites for hydroxylation is 1. The zero-order chi connectivity index (χ0) is 28.3. The molecule has 0 aliphatic heterocycles. The van der Waals surface area contributed by atoms with E-state index in [1.54, 1.807) is 38.1 Å². The number of benzene rings is 3. The highest BCUT2D eigenvalue weighted by atomic mass is 19.4. The number of rotatable bonds is 8. The molecule has 1 heterocycles. The predicted molar refractivity (Wildman–Crippen MR) is 139 cm³/mol.